The van der Waals surface area contributed by atoms with Crippen molar-refractivity contribution in [2.75, 3.05) is 0 Å². The molecule has 122 valence electrons. The molecular formula is C14H19F3N4O. The van der Waals surface area contributed by atoms with Gasteiger partial charge in [-0.25, -0.2) is 9.67 Å². The van der Waals surface area contributed by atoms with Crippen LogP contribution < -0.4 is 5.32 Å². The van der Waals surface area contributed by atoms with E-state index in [2.05, 4.69) is 15.4 Å². The van der Waals surface area contributed by atoms with Crippen molar-refractivity contribution in [3.63, 3.8) is 0 Å². The van der Waals surface area contributed by atoms with Gasteiger partial charge in [-0.15, -0.1) is 0 Å². The largest absolute Gasteiger partial charge is 0.392 e. The van der Waals surface area contributed by atoms with Crippen molar-refractivity contribution in [1.82, 2.24) is 20.1 Å². The zero-order chi connectivity index (χ0) is 15.7. The average molecular weight is 316 g/mol. The van der Waals surface area contributed by atoms with Gasteiger partial charge in [0.25, 0.3) is 0 Å². The Balaban J connectivity index is 1.64. The molecule has 3 rings (SSSR count). The molecule has 0 saturated heterocycles. The maximum absolute atomic E-state index is 13.1. The summed E-state index contributed by atoms with van der Waals surface area (Å²) >= 11 is 0. The smallest absolute Gasteiger partial charge is 0.351 e. The monoisotopic (exact) mass is 316 g/mol. The van der Waals surface area contributed by atoms with Gasteiger partial charge in [0.15, 0.2) is 0 Å². The van der Waals surface area contributed by atoms with Crippen LogP contribution in [0.25, 0.3) is 0 Å². The Morgan fingerprint density at radius 1 is 1.27 bits per heavy atom. The predicted octanol–water partition coefficient (Wildman–Crippen LogP) is 2.08. The number of aromatic nitrogens is 3. The number of hydrogen-bond donors (Lipinski definition) is 1. The molecule has 1 N–H and O–H groups in total. The molecule has 0 spiro atoms. The molecule has 1 aliphatic heterocycles. The molecule has 1 saturated carbocycles. The first-order valence-electron chi connectivity index (χ1n) is 7.69. The Bertz CT molecular complexity index is 542. The summed E-state index contributed by atoms with van der Waals surface area (Å²) < 4.78 is 41.0. The Kier molecular flexibility index (Phi) is 4.10. The number of alkyl halides is 3. The van der Waals surface area contributed by atoms with Crippen molar-refractivity contribution in [3.8, 4) is 0 Å². The highest BCUT2D eigenvalue weighted by atomic mass is 19.4. The van der Waals surface area contributed by atoms with Crippen molar-refractivity contribution in [2.24, 2.45) is 11.8 Å². The third-order valence-corrected chi connectivity index (χ3v) is 4.68. The van der Waals surface area contributed by atoms with E-state index in [1.54, 1.807) is 4.68 Å². The molecule has 1 aromatic heterocycles. The number of fused-ring (bicyclic) bond motifs is 1. The minimum absolute atomic E-state index is 0.0550. The fourth-order valence-corrected chi connectivity index (χ4v) is 3.50. The van der Waals surface area contributed by atoms with Crippen LogP contribution in [0, 0.1) is 11.8 Å². The highest BCUT2D eigenvalue weighted by molar-refractivity contribution is 5.79. The number of aryl methyl sites for hydroxylation is 1. The van der Waals surface area contributed by atoms with Gasteiger partial charge in [-0.1, -0.05) is 12.8 Å². The lowest BCUT2D eigenvalue weighted by atomic mass is 9.78. The first-order valence-corrected chi connectivity index (χ1v) is 7.69. The summed E-state index contributed by atoms with van der Waals surface area (Å²) in [7, 11) is 0. The van der Waals surface area contributed by atoms with E-state index in [0.717, 1.165) is 5.82 Å². The Hall–Kier alpha value is -1.60. The van der Waals surface area contributed by atoms with Crippen LogP contribution >= 0.6 is 0 Å². The maximum Gasteiger partial charge on any atom is 0.392 e. The molecular weight excluding hydrogens is 297 g/mol. The van der Waals surface area contributed by atoms with E-state index >= 15 is 0 Å². The summed E-state index contributed by atoms with van der Waals surface area (Å²) in [5.41, 5.74) is 0. The SMILES string of the molecule is O=C(N[C@@H]1CCc2ncnn2C1)[C@@H]1CCCC[C@H]1C(F)(F)F. The number of nitrogens with one attached hydrogen (secondary N) is 1. The normalized spacial score (nSPS) is 29.0. The standard InChI is InChI=1S/C14H19F3N4O/c15-14(16,17)11-4-2-1-3-10(11)13(22)20-9-5-6-12-18-8-19-21(12)7-9/h8-11H,1-7H2,(H,20,22)/t9-,10-,11-/m1/s1. The summed E-state index contributed by atoms with van der Waals surface area (Å²) in [5.74, 6) is -2.07. The molecule has 5 nitrogen and oxygen atoms in total. The van der Waals surface area contributed by atoms with Crippen LogP contribution in [0.2, 0.25) is 0 Å². The first kappa shape index (κ1) is 15.3. The number of nitrogens with zero attached hydrogens (tertiary/aromatic N) is 3. The molecule has 0 aromatic carbocycles. The lowest BCUT2D eigenvalue weighted by molar-refractivity contribution is -0.198. The van der Waals surface area contributed by atoms with Gasteiger partial charge in [-0.05, 0) is 19.3 Å². The number of carbonyl (C=O) groups excluding carboxylic acids is 1. The number of carbonyl (C=O) groups is 1. The Morgan fingerprint density at radius 2 is 2.05 bits per heavy atom. The molecule has 8 heteroatoms. The van der Waals surface area contributed by atoms with Gasteiger partial charge < -0.3 is 5.32 Å². The molecule has 1 fully saturated rings. The van der Waals surface area contributed by atoms with Crippen LogP contribution in [-0.4, -0.2) is 32.9 Å². The van der Waals surface area contributed by atoms with Gasteiger partial charge in [-0.2, -0.15) is 18.3 Å². The van der Waals surface area contributed by atoms with Crippen molar-refractivity contribution >= 4 is 5.91 Å². The topological polar surface area (TPSA) is 59.8 Å². The highest BCUT2D eigenvalue weighted by Crippen LogP contribution is 2.41. The van der Waals surface area contributed by atoms with Gasteiger partial charge in [0.2, 0.25) is 5.91 Å². The van der Waals surface area contributed by atoms with Crippen LogP contribution in [0.1, 0.15) is 37.9 Å². The summed E-state index contributed by atoms with van der Waals surface area (Å²) in [6, 6.07) is -0.169. The fourth-order valence-electron chi connectivity index (χ4n) is 3.50. The second kappa shape index (κ2) is 5.89. The average Bonchev–Trinajstić information content (AvgIpc) is 2.94. The van der Waals surface area contributed by atoms with Gasteiger partial charge in [0, 0.05) is 18.4 Å². The summed E-state index contributed by atoms with van der Waals surface area (Å²) in [5, 5.41) is 6.85. The minimum Gasteiger partial charge on any atom is -0.351 e. The molecule has 1 amide bonds. The molecule has 0 bridgehead atoms. The molecule has 0 unspecified atom stereocenters. The van der Waals surface area contributed by atoms with Crippen LogP contribution in [0.15, 0.2) is 6.33 Å². The van der Waals surface area contributed by atoms with E-state index in [1.807, 2.05) is 0 Å². The molecule has 1 aromatic rings. The number of halogens is 3. The zero-order valence-corrected chi connectivity index (χ0v) is 12.1. The van der Waals surface area contributed by atoms with E-state index < -0.39 is 23.9 Å². The van der Waals surface area contributed by atoms with Crippen LogP contribution in [-0.2, 0) is 17.8 Å². The molecule has 0 radical (unpaired) electrons. The first-order chi connectivity index (χ1) is 10.4. The zero-order valence-electron chi connectivity index (χ0n) is 12.1. The highest BCUT2D eigenvalue weighted by Gasteiger charge is 2.48. The van der Waals surface area contributed by atoms with Crippen molar-refractivity contribution < 1.29 is 18.0 Å². The molecule has 1 aliphatic carbocycles. The van der Waals surface area contributed by atoms with E-state index in [9.17, 15) is 18.0 Å². The van der Waals surface area contributed by atoms with E-state index in [4.69, 9.17) is 0 Å². The van der Waals surface area contributed by atoms with Crippen LogP contribution in [0.5, 0.6) is 0 Å². The van der Waals surface area contributed by atoms with Gasteiger partial charge in [0.05, 0.1) is 12.5 Å². The lowest BCUT2D eigenvalue weighted by Gasteiger charge is -2.33. The predicted molar refractivity (Wildman–Crippen MR) is 71.8 cm³/mol. The summed E-state index contributed by atoms with van der Waals surface area (Å²) in [6.45, 7) is 0.477. The summed E-state index contributed by atoms with van der Waals surface area (Å²) in [6.07, 6.45) is 0.125. The maximum atomic E-state index is 13.1. The lowest BCUT2D eigenvalue weighted by Crippen LogP contribution is -2.48. The quantitative estimate of drug-likeness (QED) is 0.909. The number of rotatable bonds is 2. The molecule has 22 heavy (non-hydrogen) atoms. The molecule has 2 heterocycles. The van der Waals surface area contributed by atoms with E-state index in [-0.39, 0.29) is 12.5 Å². The fraction of sp³-hybridized carbons (Fsp3) is 0.786. The van der Waals surface area contributed by atoms with Gasteiger partial charge in [-0.3, -0.25) is 4.79 Å². The number of hydrogen-bond acceptors (Lipinski definition) is 3. The van der Waals surface area contributed by atoms with Crippen LogP contribution in [0.4, 0.5) is 13.2 Å². The van der Waals surface area contributed by atoms with Crippen molar-refractivity contribution in [3.05, 3.63) is 12.2 Å². The van der Waals surface area contributed by atoms with Crippen molar-refractivity contribution in [1.29, 1.82) is 0 Å². The number of amides is 1. The second-order valence-electron chi connectivity index (χ2n) is 6.14. The molecule has 3 atom stereocenters. The third kappa shape index (κ3) is 3.10. The van der Waals surface area contributed by atoms with Gasteiger partial charge >= 0.3 is 6.18 Å². The van der Waals surface area contributed by atoms with Crippen molar-refractivity contribution in [2.45, 2.75) is 57.3 Å². The molecule has 2 aliphatic rings. The van der Waals surface area contributed by atoms with E-state index in [1.165, 1.54) is 6.33 Å². The minimum atomic E-state index is -4.30. The van der Waals surface area contributed by atoms with Crippen LogP contribution in [0.3, 0.4) is 0 Å². The van der Waals surface area contributed by atoms with E-state index in [0.29, 0.717) is 38.6 Å². The Labute approximate surface area is 126 Å². The Morgan fingerprint density at radius 3 is 2.82 bits per heavy atom. The second-order valence-corrected chi connectivity index (χ2v) is 6.14. The van der Waals surface area contributed by atoms with Gasteiger partial charge in [0.1, 0.15) is 12.2 Å². The third-order valence-electron chi connectivity index (χ3n) is 4.68. The summed E-state index contributed by atoms with van der Waals surface area (Å²) in [4.78, 5) is 16.4.